The first-order valence-electron chi connectivity index (χ1n) is 8.24. The Balaban J connectivity index is 0.00000113. The molecule has 2 aliphatic rings. The minimum Gasteiger partial charge on any atom is -0.357 e. The number of carbonyl (C=O) groups is 1. The number of amides is 1. The molecule has 2 fully saturated rings. The molecule has 2 aromatic heterocycles. The van der Waals surface area contributed by atoms with Crippen LogP contribution in [0.4, 0.5) is 0 Å². The van der Waals surface area contributed by atoms with Crippen LogP contribution in [0.1, 0.15) is 41.2 Å². The van der Waals surface area contributed by atoms with Gasteiger partial charge in [0.15, 0.2) is 0 Å². The summed E-state index contributed by atoms with van der Waals surface area (Å²) in [5.74, 6) is 0.0782. The fraction of sp³-hybridized carbons (Fsp3) is 0.529. The van der Waals surface area contributed by atoms with Crippen molar-refractivity contribution in [2.75, 3.05) is 7.05 Å². The van der Waals surface area contributed by atoms with E-state index in [0.717, 1.165) is 29.1 Å². The van der Waals surface area contributed by atoms with Gasteiger partial charge in [0.05, 0.1) is 10.7 Å². The molecule has 2 aliphatic heterocycles. The Hall–Kier alpha value is -1.08. The van der Waals surface area contributed by atoms with Crippen molar-refractivity contribution in [1.29, 1.82) is 0 Å². The number of thiazole rings is 1. The monoisotopic (exact) mass is 402 g/mol. The van der Waals surface area contributed by atoms with Crippen LogP contribution in [0.2, 0.25) is 0 Å². The van der Waals surface area contributed by atoms with Crippen LogP contribution in [-0.4, -0.2) is 45.9 Å². The summed E-state index contributed by atoms with van der Waals surface area (Å²) >= 11 is 1.63. The molecule has 1 amide bonds. The van der Waals surface area contributed by atoms with Crippen LogP contribution in [0.25, 0.3) is 11.3 Å². The van der Waals surface area contributed by atoms with Gasteiger partial charge in [0.2, 0.25) is 0 Å². The average Bonchev–Trinajstić information content (AvgIpc) is 3.26. The van der Waals surface area contributed by atoms with Crippen LogP contribution >= 0.6 is 36.2 Å². The van der Waals surface area contributed by atoms with E-state index in [1.54, 1.807) is 11.3 Å². The van der Waals surface area contributed by atoms with Crippen molar-refractivity contribution in [3.05, 3.63) is 28.3 Å². The van der Waals surface area contributed by atoms with Gasteiger partial charge in [-0.3, -0.25) is 4.79 Å². The average molecular weight is 403 g/mol. The molecule has 0 radical (unpaired) electrons. The predicted octanol–water partition coefficient (Wildman–Crippen LogP) is 3.65. The lowest BCUT2D eigenvalue weighted by atomic mass is 9.98. The second kappa shape index (κ2) is 8.08. The molecule has 0 saturated carbocycles. The molecule has 2 saturated heterocycles. The van der Waals surface area contributed by atoms with Gasteiger partial charge in [-0.15, -0.1) is 36.2 Å². The Labute approximate surface area is 164 Å². The van der Waals surface area contributed by atoms with E-state index in [0.29, 0.717) is 23.8 Å². The summed E-state index contributed by atoms with van der Waals surface area (Å²) in [5, 5.41) is 6.70. The third kappa shape index (κ3) is 4.03. The largest absolute Gasteiger partial charge is 0.357 e. The maximum atomic E-state index is 12.8. The normalized spacial score (nSPS) is 24.3. The highest BCUT2D eigenvalue weighted by molar-refractivity contribution is 7.09. The maximum Gasteiger partial charge on any atom is 0.270 e. The van der Waals surface area contributed by atoms with Crippen LogP contribution in [0.15, 0.2) is 17.6 Å². The number of nitrogens with zero attached hydrogens (tertiary/aromatic N) is 2. The molecule has 4 heterocycles. The van der Waals surface area contributed by atoms with Gasteiger partial charge in [-0.1, -0.05) is 0 Å². The van der Waals surface area contributed by atoms with Gasteiger partial charge in [0, 0.05) is 42.3 Å². The number of aromatic nitrogens is 2. The highest BCUT2D eigenvalue weighted by Crippen LogP contribution is 2.30. The number of fused-ring (bicyclic) bond motifs is 2. The molecule has 0 aliphatic carbocycles. The Bertz CT molecular complexity index is 720. The van der Waals surface area contributed by atoms with Crippen LogP contribution in [-0.2, 0) is 0 Å². The summed E-state index contributed by atoms with van der Waals surface area (Å²) in [5.41, 5.74) is 2.57. The molecule has 2 N–H and O–H groups in total. The highest BCUT2D eigenvalue weighted by Gasteiger charge is 2.36. The third-order valence-corrected chi connectivity index (χ3v) is 5.92. The first kappa shape index (κ1) is 20.2. The van der Waals surface area contributed by atoms with E-state index >= 15 is 0 Å². The Morgan fingerprint density at radius 2 is 1.96 bits per heavy atom. The quantitative estimate of drug-likeness (QED) is 0.823. The molecule has 2 aromatic rings. The Kier molecular flexibility index (Phi) is 6.54. The van der Waals surface area contributed by atoms with Gasteiger partial charge in [-0.2, -0.15) is 0 Å². The van der Waals surface area contributed by atoms with E-state index in [2.05, 4.69) is 15.3 Å². The van der Waals surface area contributed by atoms with Gasteiger partial charge >= 0.3 is 0 Å². The molecule has 2 unspecified atom stereocenters. The summed E-state index contributed by atoms with van der Waals surface area (Å²) in [7, 11) is 1.94. The minimum atomic E-state index is 0. The number of halogens is 2. The minimum absolute atomic E-state index is 0. The van der Waals surface area contributed by atoms with Crippen molar-refractivity contribution < 1.29 is 4.79 Å². The number of H-pyrrole nitrogens is 1. The van der Waals surface area contributed by atoms with E-state index < -0.39 is 0 Å². The van der Waals surface area contributed by atoms with E-state index in [-0.39, 0.29) is 30.7 Å². The standard InChI is InChI=1S/C17H22N4OS.2ClH/c1-10-19-16(9-23-10)11-5-15(18-8-11)17(22)21(2)14-6-12-3-4-13(7-14)20-12;;/h5,8-9,12-14,18,20H,3-4,6-7H2,1-2H3;2*1H. The molecule has 5 nitrogen and oxygen atoms in total. The molecule has 8 heteroatoms. The molecule has 2 atom stereocenters. The number of carbonyl (C=O) groups excluding carboxylic acids is 1. The number of aryl methyl sites for hydroxylation is 1. The fourth-order valence-corrected chi connectivity index (χ4v) is 4.48. The van der Waals surface area contributed by atoms with Crippen molar-refractivity contribution in [1.82, 2.24) is 20.2 Å². The van der Waals surface area contributed by atoms with Gasteiger partial charge in [0.25, 0.3) is 5.91 Å². The van der Waals surface area contributed by atoms with E-state index in [9.17, 15) is 4.79 Å². The molecular formula is C17H24Cl2N4OS. The van der Waals surface area contributed by atoms with E-state index in [4.69, 9.17) is 0 Å². The second-order valence-corrected chi connectivity index (χ2v) is 7.80. The first-order valence-corrected chi connectivity index (χ1v) is 9.12. The van der Waals surface area contributed by atoms with Crippen LogP contribution in [0, 0.1) is 6.92 Å². The molecule has 0 spiro atoms. The fourth-order valence-electron chi connectivity index (χ4n) is 3.86. The number of rotatable bonds is 3. The van der Waals surface area contributed by atoms with Gasteiger partial charge < -0.3 is 15.2 Å². The summed E-state index contributed by atoms with van der Waals surface area (Å²) in [6.07, 6.45) is 6.51. The van der Waals surface area contributed by atoms with Crippen molar-refractivity contribution in [2.24, 2.45) is 0 Å². The zero-order valence-electron chi connectivity index (χ0n) is 14.3. The van der Waals surface area contributed by atoms with Crippen molar-refractivity contribution in [3.63, 3.8) is 0 Å². The third-order valence-electron chi connectivity index (χ3n) is 5.14. The smallest absolute Gasteiger partial charge is 0.270 e. The number of nitrogens with one attached hydrogen (secondary N) is 2. The van der Waals surface area contributed by atoms with Crippen molar-refractivity contribution in [3.8, 4) is 11.3 Å². The van der Waals surface area contributed by atoms with E-state index in [1.165, 1.54) is 12.8 Å². The zero-order chi connectivity index (χ0) is 16.0. The molecule has 2 bridgehead atoms. The highest BCUT2D eigenvalue weighted by atomic mass is 35.5. The van der Waals surface area contributed by atoms with E-state index in [1.807, 2.05) is 36.5 Å². The first-order chi connectivity index (χ1) is 11.1. The Morgan fingerprint density at radius 3 is 2.56 bits per heavy atom. The molecule has 0 aromatic carbocycles. The second-order valence-electron chi connectivity index (χ2n) is 6.73. The molecule has 138 valence electrons. The lowest BCUT2D eigenvalue weighted by Crippen LogP contribution is -2.48. The van der Waals surface area contributed by atoms with Crippen LogP contribution < -0.4 is 5.32 Å². The zero-order valence-corrected chi connectivity index (χ0v) is 16.8. The number of hydrogen-bond donors (Lipinski definition) is 2. The topological polar surface area (TPSA) is 61.0 Å². The molecular weight excluding hydrogens is 379 g/mol. The van der Waals surface area contributed by atoms with Crippen molar-refractivity contribution in [2.45, 2.75) is 50.7 Å². The summed E-state index contributed by atoms with van der Waals surface area (Å²) in [6, 6.07) is 3.44. The number of piperidine rings is 1. The number of hydrogen-bond acceptors (Lipinski definition) is 4. The SMILES string of the molecule is Cc1nc(-c2c[nH]c(C(=O)N(C)C3CC4CCC(C3)N4)c2)cs1.Cl.Cl. The lowest BCUT2D eigenvalue weighted by molar-refractivity contribution is 0.0676. The van der Waals surface area contributed by atoms with Crippen LogP contribution in [0.3, 0.4) is 0 Å². The maximum absolute atomic E-state index is 12.8. The Morgan fingerprint density at radius 1 is 1.28 bits per heavy atom. The summed E-state index contributed by atoms with van der Waals surface area (Å²) in [6.45, 7) is 1.99. The van der Waals surface area contributed by atoms with Gasteiger partial charge in [0.1, 0.15) is 5.69 Å². The lowest BCUT2D eigenvalue weighted by Gasteiger charge is -2.35. The van der Waals surface area contributed by atoms with Crippen LogP contribution in [0.5, 0.6) is 0 Å². The van der Waals surface area contributed by atoms with Crippen molar-refractivity contribution >= 4 is 42.1 Å². The van der Waals surface area contributed by atoms with Gasteiger partial charge in [-0.05, 0) is 38.7 Å². The van der Waals surface area contributed by atoms with Gasteiger partial charge in [-0.25, -0.2) is 4.98 Å². The molecule has 4 rings (SSSR count). The summed E-state index contributed by atoms with van der Waals surface area (Å²) < 4.78 is 0. The predicted molar refractivity (Wildman–Crippen MR) is 106 cm³/mol. The number of aromatic amines is 1. The molecule has 25 heavy (non-hydrogen) atoms. The summed E-state index contributed by atoms with van der Waals surface area (Å²) in [4.78, 5) is 22.3.